The largest absolute Gasteiger partial charge is 0.464 e. The highest BCUT2D eigenvalue weighted by Gasteiger charge is 2.15. The number of nitrogens with one attached hydrogen (secondary N) is 1. The number of hydrogen-bond acceptors (Lipinski definition) is 5. The number of carbonyl (C=O) groups is 1. The molecule has 0 bridgehead atoms. The number of fused-ring (bicyclic) bond motifs is 3. The van der Waals surface area contributed by atoms with Crippen LogP contribution < -0.4 is 5.32 Å². The number of aliphatic hydroxyl groups is 1. The molecule has 1 heterocycles. The molecule has 0 saturated heterocycles. The third-order valence-corrected chi connectivity index (χ3v) is 4.87. The Bertz CT molecular complexity index is 1200. The third kappa shape index (κ3) is 3.81. The van der Waals surface area contributed by atoms with Gasteiger partial charge in [-0.2, -0.15) is 0 Å². The Balaban J connectivity index is 1.45. The first kappa shape index (κ1) is 18.6. The fraction of sp³-hybridized carbons (Fsp3) is 0.136. The van der Waals surface area contributed by atoms with E-state index in [0.717, 1.165) is 27.3 Å². The average Bonchev–Trinajstić information content (AvgIpc) is 3.15. The van der Waals surface area contributed by atoms with Crippen molar-refractivity contribution >= 4 is 33.3 Å². The molecule has 4 aromatic rings. The van der Waals surface area contributed by atoms with Crippen molar-refractivity contribution < 1.29 is 19.2 Å². The van der Waals surface area contributed by atoms with Gasteiger partial charge in [0.2, 0.25) is 5.91 Å². The van der Waals surface area contributed by atoms with Crippen LogP contribution in [0.1, 0.15) is 17.2 Å². The highest BCUT2D eigenvalue weighted by molar-refractivity contribution is 6.08. The Hall–Kier alpha value is -3.71. The highest BCUT2D eigenvalue weighted by atomic mass is 16.6. The summed E-state index contributed by atoms with van der Waals surface area (Å²) in [7, 11) is 0. The number of amides is 1. The molecule has 3 aromatic carbocycles. The molecular weight excluding hydrogens is 372 g/mol. The Morgan fingerprint density at radius 1 is 1.10 bits per heavy atom. The minimum atomic E-state index is -0.957. The van der Waals surface area contributed by atoms with Gasteiger partial charge in [-0.05, 0) is 34.5 Å². The van der Waals surface area contributed by atoms with Crippen LogP contribution in [0, 0.1) is 10.1 Å². The fourth-order valence-electron chi connectivity index (χ4n) is 3.39. The standard InChI is InChI=1S/C22H18N2O5/c25-19(15-5-8-17(9-6-15)24(27)28)12-23-21(26)11-16-13-29-20-10-7-14-3-1-2-4-18(14)22(16)20/h1-10,13,19,25H,11-12H2,(H,23,26)/t19-/m0/s1. The number of hydrogen-bond donors (Lipinski definition) is 2. The van der Waals surface area contributed by atoms with Gasteiger partial charge in [0, 0.05) is 29.6 Å². The number of non-ortho nitro benzene ring substituents is 1. The molecule has 0 aliphatic rings. The summed E-state index contributed by atoms with van der Waals surface area (Å²) >= 11 is 0. The fourth-order valence-corrected chi connectivity index (χ4v) is 3.39. The predicted octanol–water partition coefficient (Wildman–Crippen LogP) is 3.89. The summed E-state index contributed by atoms with van der Waals surface area (Å²) in [6.45, 7) is 0.00712. The first-order chi connectivity index (χ1) is 14.0. The van der Waals surface area contributed by atoms with Crippen LogP contribution in [0.5, 0.6) is 0 Å². The van der Waals surface area contributed by atoms with E-state index in [4.69, 9.17) is 4.42 Å². The lowest BCUT2D eigenvalue weighted by Crippen LogP contribution is -2.29. The van der Waals surface area contributed by atoms with Gasteiger partial charge in [-0.3, -0.25) is 14.9 Å². The van der Waals surface area contributed by atoms with Gasteiger partial charge in [0.1, 0.15) is 5.58 Å². The molecule has 0 aliphatic carbocycles. The number of carbonyl (C=O) groups excluding carboxylic acids is 1. The molecule has 0 aliphatic heterocycles. The van der Waals surface area contributed by atoms with Crippen molar-refractivity contribution in [2.24, 2.45) is 0 Å². The van der Waals surface area contributed by atoms with E-state index < -0.39 is 11.0 Å². The minimum absolute atomic E-state index is 0.00712. The molecule has 0 saturated carbocycles. The van der Waals surface area contributed by atoms with E-state index in [-0.39, 0.29) is 24.6 Å². The summed E-state index contributed by atoms with van der Waals surface area (Å²) in [4.78, 5) is 22.6. The van der Waals surface area contributed by atoms with Gasteiger partial charge in [0.25, 0.3) is 5.69 Å². The maximum atomic E-state index is 12.4. The predicted molar refractivity (Wildman–Crippen MR) is 108 cm³/mol. The lowest BCUT2D eigenvalue weighted by atomic mass is 10.0. The molecule has 2 N–H and O–H groups in total. The Morgan fingerprint density at radius 3 is 2.62 bits per heavy atom. The Labute approximate surface area is 165 Å². The summed E-state index contributed by atoms with van der Waals surface area (Å²) in [5, 5.41) is 26.6. The normalized spacial score (nSPS) is 12.2. The van der Waals surface area contributed by atoms with E-state index in [1.54, 1.807) is 6.26 Å². The molecule has 7 nitrogen and oxygen atoms in total. The number of furan rings is 1. The molecule has 29 heavy (non-hydrogen) atoms. The monoisotopic (exact) mass is 390 g/mol. The van der Waals surface area contributed by atoms with Crippen molar-refractivity contribution in [1.82, 2.24) is 5.32 Å². The second-order valence-electron chi connectivity index (χ2n) is 6.77. The number of aliphatic hydroxyl groups excluding tert-OH is 1. The molecule has 0 fully saturated rings. The van der Waals surface area contributed by atoms with Crippen LogP contribution in [-0.4, -0.2) is 22.5 Å². The van der Waals surface area contributed by atoms with Gasteiger partial charge in [0.15, 0.2) is 0 Å². The first-order valence-corrected chi connectivity index (χ1v) is 9.10. The molecule has 4 rings (SSSR count). The van der Waals surface area contributed by atoms with Crippen molar-refractivity contribution in [3.8, 4) is 0 Å². The SMILES string of the molecule is O=C(Cc1coc2ccc3ccccc3c12)NC[C@H](O)c1ccc([N+](=O)[O-])cc1. The van der Waals surface area contributed by atoms with Crippen LogP contribution in [0.3, 0.4) is 0 Å². The lowest BCUT2D eigenvalue weighted by molar-refractivity contribution is -0.384. The summed E-state index contributed by atoms with van der Waals surface area (Å²) in [6.07, 6.45) is 0.749. The maximum Gasteiger partial charge on any atom is 0.269 e. The zero-order chi connectivity index (χ0) is 20.4. The summed E-state index contributed by atoms with van der Waals surface area (Å²) in [5.41, 5.74) is 1.94. The van der Waals surface area contributed by atoms with E-state index in [1.807, 2.05) is 36.4 Å². The van der Waals surface area contributed by atoms with E-state index in [2.05, 4.69) is 5.32 Å². The number of nitrogens with zero attached hydrogens (tertiary/aromatic N) is 1. The number of benzene rings is 3. The summed E-state index contributed by atoms with van der Waals surface area (Å²) in [6, 6.07) is 17.4. The lowest BCUT2D eigenvalue weighted by Gasteiger charge is -2.12. The number of nitro groups is 1. The van der Waals surface area contributed by atoms with Crippen molar-refractivity contribution in [3.05, 3.63) is 88.2 Å². The van der Waals surface area contributed by atoms with Gasteiger partial charge >= 0.3 is 0 Å². The smallest absolute Gasteiger partial charge is 0.269 e. The molecule has 0 radical (unpaired) electrons. The molecular formula is C22H18N2O5. The Kier molecular flexibility index (Phi) is 4.97. The van der Waals surface area contributed by atoms with Gasteiger partial charge < -0.3 is 14.8 Å². The number of nitro benzene ring substituents is 1. The molecule has 7 heteroatoms. The van der Waals surface area contributed by atoms with Crippen LogP contribution in [0.2, 0.25) is 0 Å². The maximum absolute atomic E-state index is 12.4. The van der Waals surface area contributed by atoms with E-state index >= 15 is 0 Å². The molecule has 0 spiro atoms. The van der Waals surface area contributed by atoms with Crippen molar-refractivity contribution in [3.63, 3.8) is 0 Å². The van der Waals surface area contributed by atoms with Gasteiger partial charge in [-0.15, -0.1) is 0 Å². The molecule has 146 valence electrons. The van der Waals surface area contributed by atoms with E-state index in [0.29, 0.717) is 5.56 Å². The van der Waals surface area contributed by atoms with Crippen LogP contribution >= 0.6 is 0 Å². The van der Waals surface area contributed by atoms with Crippen molar-refractivity contribution in [2.75, 3.05) is 6.54 Å². The third-order valence-electron chi connectivity index (χ3n) is 4.87. The summed E-state index contributed by atoms with van der Waals surface area (Å²) in [5.74, 6) is -0.249. The van der Waals surface area contributed by atoms with E-state index in [9.17, 15) is 20.0 Å². The zero-order valence-corrected chi connectivity index (χ0v) is 15.4. The minimum Gasteiger partial charge on any atom is -0.464 e. The quantitative estimate of drug-likeness (QED) is 0.384. The number of rotatable bonds is 6. The van der Waals surface area contributed by atoms with Crippen molar-refractivity contribution in [1.29, 1.82) is 0 Å². The first-order valence-electron chi connectivity index (χ1n) is 9.10. The average molecular weight is 390 g/mol. The Morgan fingerprint density at radius 2 is 1.86 bits per heavy atom. The highest BCUT2D eigenvalue weighted by Crippen LogP contribution is 2.30. The van der Waals surface area contributed by atoms with Crippen LogP contribution in [0.15, 0.2) is 71.3 Å². The molecule has 1 atom stereocenters. The van der Waals surface area contributed by atoms with Crippen LogP contribution in [0.25, 0.3) is 21.7 Å². The van der Waals surface area contributed by atoms with Crippen LogP contribution in [-0.2, 0) is 11.2 Å². The van der Waals surface area contributed by atoms with Gasteiger partial charge in [0.05, 0.1) is 23.7 Å². The second-order valence-corrected chi connectivity index (χ2v) is 6.77. The van der Waals surface area contributed by atoms with E-state index in [1.165, 1.54) is 24.3 Å². The zero-order valence-electron chi connectivity index (χ0n) is 15.4. The molecule has 1 amide bonds. The molecule has 0 unspecified atom stereocenters. The van der Waals surface area contributed by atoms with Gasteiger partial charge in [-0.25, -0.2) is 0 Å². The summed E-state index contributed by atoms with van der Waals surface area (Å²) < 4.78 is 5.60. The topological polar surface area (TPSA) is 106 Å². The van der Waals surface area contributed by atoms with Gasteiger partial charge in [-0.1, -0.05) is 30.3 Å². The second kappa shape index (κ2) is 7.73. The molecule has 1 aromatic heterocycles. The van der Waals surface area contributed by atoms with Crippen molar-refractivity contribution in [2.45, 2.75) is 12.5 Å². The van der Waals surface area contributed by atoms with Crippen LogP contribution in [0.4, 0.5) is 5.69 Å².